The van der Waals surface area contributed by atoms with Gasteiger partial charge >= 0.3 is 0 Å². The van der Waals surface area contributed by atoms with Gasteiger partial charge in [-0.1, -0.05) is 12.2 Å². The minimum absolute atomic E-state index is 0.377. The highest BCUT2D eigenvalue weighted by Crippen LogP contribution is 2.44. The number of rotatable bonds is 0. The third-order valence-electron chi connectivity index (χ3n) is 13.6. The van der Waals surface area contributed by atoms with E-state index >= 15 is 0 Å². The molecule has 12 nitrogen and oxygen atoms in total. The van der Waals surface area contributed by atoms with Crippen molar-refractivity contribution < 1.29 is 14.3 Å². The smallest absolute Gasteiger partial charge is 0.148 e. The lowest BCUT2D eigenvalue weighted by atomic mass is 9.85. The number of fused-ring (bicyclic) bond motifs is 1. The zero-order chi connectivity index (χ0) is 41.3. The molecule has 11 aliphatic rings. The average Bonchev–Trinajstić information content (AvgIpc) is 3.88. The Bertz CT molecular complexity index is 1110. The van der Waals surface area contributed by atoms with Crippen molar-refractivity contribution in [3.8, 4) is 0 Å². The van der Waals surface area contributed by atoms with Crippen molar-refractivity contribution in [3.63, 3.8) is 0 Å². The van der Waals surface area contributed by atoms with Crippen molar-refractivity contribution in [1.82, 2.24) is 44.1 Å². The maximum absolute atomic E-state index is 10.4. The first-order valence-corrected chi connectivity index (χ1v) is 22.8. The highest BCUT2D eigenvalue weighted by molar-refractivity contribution is 5.82. The highest BCUT2D eigenvalue weighted by Gasteiger charge is 2.45. The predicted molar refractivity (Wildman–Crippen MR) is 237 cm³/mol. The number of piperidine rings is 1. The van der Waals surface area contributed by atoms with Crippen LogP contribution in [0.1, 0.15) is 51.4 Å². The van der Waals surface area contributed by atoms with Crippen LogP contribution >= 0.6 is 0 Å². The number of hydrogen-bond donors (Lipinski definition) is 0. The average molecular weight is 804 g/mol. The van der Waals surface area contributed by atoms with Gasteiger partial charge in [-0.2, -0.15) is 0 Å². The SMILES string of the molecule is CN1CC2CC2C1.CN1CC=CC1.CN1CCC(=O)C1.CN1CCC1.CN1CCC2(COC2)C1.CN1CCCC1.CN1CCCC12COC2.CN1CCN(C)CC1. The largest absolute Gasteiger partial charge is 0.380 e. The fourth-order valence-corrected chi connectivity index (χ4v) is 8.81. The van der Waals surface area contributed by atoms with Crippen LogP contribution in [0.2, 0.25) is 0 Å². The maximum Gasteiger partial charge on any atom is 0.148 e. The number of carbonyl (C=O) groups is 1. The predicted octanol–water partition coefficient (Wildman–Crippen LogP) is 2.66. The first kappa shape index (κ1) is 48.6. The Hall–Kier alpha value is -1.03. The highest BCUT2D eigenvalue weighted by atomic mass is 16.5. The Morgan fingerprint density at radius 3 is 1.23 bits per heavy atom. The molecule has 0 amide bonds. The first-order chi connectivity index (χ1) is 27.3. The van der Waals surface area contributed by atoms with E-state index in [9.17, 15) is 4.79 Å². The molecule has 10 fully saturated rings. The van der Waals surface area contributed by atoms with E-state index in [0.717, 1.165) is 64.3 Å². The molecule has 0 aromatic heterocycles. The van der Waals surface area contributed by atoms with Gasteiger partial charge in [0.05, 0.1) is 38.5 Å². The molecule has 0 aromatic rings. The first-order valence-electron chi connectivity index (χ1n) is 22.8. The van der Waals surface area contributed by atoms with Crippen molar-refractivity contribution in [2.75, 3.05) is 201 Å². The molecular formula is C45H89N9O3. The molecule has 10 aliphatic heterocycles. The number of hydrogen-bond acceptors (Lipinski definition) is 12. The summed E-state index contributed by atoms with van der Waals surface area (Å²) in [5.41, 5.74) is 1.08. The molecule has 2 spiro atoms. The number of carbonyl (C=O) groups excluding carboxylic acids is 1. The van der Waals surface area contributed by atoms with Crippen molar-refractivity contribution >= 4 is 5.78 Å². The quantitative estimate of drug-likeness (QED) is 0.339. The number of ketones is 1. The monoisotopic (exact) mass is 804 g/mol. The molecule has 1 saturated carbocycles. The minimum atomic E-state index is 0.377. The normalized spacial score (nSPS) is 30.4. The van der Waals surface area contributed by atoms with Crippen LogP contribution in [-0.2, 0) is 14.3 Å². The molecule has 332 valence electrons. The van der Waals surface area contributed by atoms with E-state index in [1.807, 2.05) is 11.9 Å². The van der Waals surface area contributed by atoms with Crippen molar-refractivity contribution in [2.24, 2.45) is 17.3 Å². The summed E-state index contributed by atoms with van der Waals surface area (Å²) in [6, 6.07) is 0. The maximum atomic E-state index is 10.4. The molecule has 0 radical (unpaired) electrons. The van der Waals surface area contributed by atoms with Gasteiger partial charge in [0.1, 0.15) is 5.78 Å². The van der Waals surface area contributed by atoms with Gasteiger partial charge in [0, 0.05) is 77.3 Å². The lowest BCUT2D eigenvalue weighted by molar-refractivity contribution is -0.116. The summed E-state index contributed by atoms with van der Waals surface area (Å²) >= 11 is 0. The van der Waals surface area contributed by atoms with Gasteiger partial charge in [0.15, 0.2) is 0 Å². The van der Waals surface area contributed by atoms with Crippen molar-refractivity contribution in [1.29, 1.82) is 0 Å². The number of likely N-dealkylation sites (tertiary alicyclic amines) is 6. The molecule has 1 aliphatic carbocycles. The Morgan fingerprint density at radius 1 is 0.509 bits per heavy atom. The van der Waals surface area contributed by atoms with Crippen LogP contribution in [-0.4, -0.2) is 257 Å². The molecule has 12 heteroatoms. The van der Waals surface area contributed by atoms with Gasteiger partial charge in [-0.3, -0.25) is 19.5 Å². The second-order valence-electron chi connectivity index (χ2n) is 19.7. The topological polar surface area (TPSA) is 64.7 Å². The van der Waals surface area contributed by atoms with Gasteiger partial charge in [0.2, 0.25) is 0 Å². The van der Waals surface area contributed by atoms with E-state index in [0.29, 0.717) is 23.3 Å². The molecule has 2 atom stereocenters. The van der Waals surface area contributed by atoms with Crippen molar-refractivity contribution in [2.45, 2.75) is 56.9 Å². The fourth-order valence-electron chi connectivity index (χ4n) is 8.81. The summed E-state index contributed by atoms with van der Waals surface area (Å²) in [6.45, 7) is 24.6. The van der Waals surface area contributed by atoms with Crippen LogP contribution < -0.4 is 0 Å². The van der Waals surface area contributed by atoms with E-state index in [2.05, 4.69) is 108 Å². The zero-order valence-corrected chi connectivity index (χ0v) is 38.6. The van der Waals surface area contributed by atoms with Gasteiger partial charge in [-0.25, -0.2) is 0 Å². The standard InChI is InChI=1S/2C7H13NO.C6H14N2.C6H11N.C5H9NO.C5H11N.C5H9N.C4H9N/c1-8-3-2-7(4-8)5-9-6-7;1-8-4-2-3-7(8)5-9-6-7;1-7-3-5-8(2)6-4-7;1-7-3-5-2-6(5)4-7;1-6-3-2-5(7)4-6;2*1-6-4-2-3-5-6;1-5-3-2-4-5/h2*2-6H2,1H3;3-6H2,1-2H3;5-6H,2-4H2,1H3;2-4H2,1H3;2-5H2,1H3;2-3H,4-5H2,1H3;2-4H2,1H3. The van der Waals surface area contributed by atoms with E-state index < -0.39 is 0 Å². The van der Waals surface area contributed by atoms with Crippen LogP contribution in [0.5, 0.6) is 0 Å². The zero-order valence-electron chi connectivity index (χ0n) is 38.6. The van der Waals surface area contributed by atoms with Gasteiger partial charge < -0.3 is 38.9 Å². The molecule has 57 heavy (non-hydrogen) atoms. The van der Waals surface area contributed by atoms with E-state index in [4.69, 9.17) is 9.47 Å². The van der Waals surface area contributed by atoms with E-state index in [1.54, 1.807) is 0 Å². The number of nitrogens with zero attached hydrogens (tertiary/aromatic N) is 9. The van der Waals surface area contributed by atoms with Crippen LogP contribution in [0.15, 0.2) is 12.2 Å². The second kappa shape index (κ2) is 25.0. The van der Waals surface area contributed by atoms with E-state index in [1.165, 1.54) is 130 Å². The van der Waals surface area contributed by atoms with E-state index in [-0.39, 0.29) is 0 Å². The molecule has 0 bridgehead atoms. The van der Waals surface area contributed by atoms with Crippen LogP contribution in [0, 0.1) is 17.3 Å². The molecule has 2 unspecified atom stereocenters. The number of piperazine rings is 1. The molecule has 10 heterocycles. The molecule has 0 N–H and O–H groups in total. The summed E-state index contributed by atoms with van der Waals surface area (Å²) < 4.78 is 10.4. The van der Waals surface area contributed by atoms with Crippen LogP contribution in [0.3, 0.4) is 0 Å². The summed E-state index contributed by atoms with van der Waals surface area (Å²) in [6.07, 6.45) is 15.0. The molecule has 11 rings (SSSR count). The van der Waals surface area contributed by atoms with Crippen molar-refractivity contribution in [3.05, 3.63) is 12.2 Å². The third-order valence-corrected chi connectivity index (χ3v) is 13.6. The van der Waals surface area contributed by atoms with Gasteiger partial charge in [-0.05, 0) is 159 Å². The lowest BCUT2D eigenvalue weighted by Gasteiger charge is -2.43. The van der Waals surface area contributed by atoms with Crippen LogP contribution in [0.25, 0.3) is 0 Å². The number of ether oxygens (including phenoxy) is 2. The summed E-state index contributed by atoms with van der Waals surface area (Å²) in [5, 5.41) is 0. The lowest BCUT2D eigenvalue weighted by Crippen LogP contribution is -2.57. The van der Waals surface area contributed by atoms with Gasteiger partial charge in [0.25, 0.3) is 0 Å². The third kappa shape index (κ3) is 18.2. The number of Topliss-reactive ketones (excluding diaryl/α,β-unsaturated/α-hetero) is 1. The Morgan fingerprint density at radius 2 is 1.04 bits per heavy atom. The molecule has 9 saturated heterocycles. The molecular weight excluding hydrogens is 715 g/mol. The Kier molecular flexibility index (Phi) is 21.4. The minimum Gasteiger partial charge on any atom is -0.380 e. The molecule has 0 aromatic carbocycles. The second-order valence-corrected chi connectivity index (χ2v) is 19.7. The Labute approximate surface area is 350 Å². The summed E-state index contributed by atoms with van der Waals surface area (Å²) in [4.78, 5) is 31.3. The fraction of sp³-hybridized carbons (Fsp3) is 0.933. The Balaban J connectivity index is 0.000000145. The van der Waals surface area contributed by atoms with Crippen LogP contribution in [0.4, 0.5) is 0 Å². The van der Waals surface area contributed by atoms with Gasteiger partial charge in [-0.15, -0.1) is 0 Å². The summed E-state index contributed by atoms with van der Waals surface area (Å²) in [5.74, 6) is 2.61. The number of likely N-dealkylation sites (N-methyl/N-ethyl adjacent to an activating group) is 5. The summed E-state index contributed by atoms with van der Waals surface area (Å²) in [7, 11) is 19.3.